The summed E-state index contributed by atoms with van der Waals surface area (Å²) < 4.78 is 0. The summed E-state index contributed by atoms with van der Waals surface area (Å²) in [5.74, 6) is 10.6. The van der Waals surface area contributed by atoms with Gasteiger partial charge in [0.15, 0.2) is 0 Å². The van der Waals surface area contributed by atoms with Gasteiger partial charge in [-0.3, -0.25) is 0 Å². The summed E-state index contributed by atoms with van der Waals surface area (Å²) in [6.45, 7) is 7.37. The van der Waals surface area contributed by atoms with Gasteiger partial charge in [-0.2, -0.15) is 0 Å². The molecule has 0 spiro atoms. The fourth-order valence-corrected chi connectivity index (χ4v) is 2.94. The Labute approximate surface area is 127 Å². The van der Waals surface area contributed by atoms with Crippen molar-refractivity contribution in [2.75, 3.05) is 17.3 Å². The van der Waals surface area contributed by atoms with Crippen molar-refractivity contribution in [2.45, 2.75) is 51.9 Å². The van der Waals surface area contributed by atoms with Crippen LogP contribution in [0.5, 0.6) is 0 Å². The molecule has 0 amide bonds. The molecule has 1 aromatic heterocycles. The van der Waals surface area contributed by atoms with Gasteiger partial charge in [0.2, 0.25) is 0 Å². The van der Waals surface area contributed by atoms with Gasteiger partial charge in [0.25, 0.3) is 0 Å². The number of nitrogens with zero attached hydrogens (tertiary/aromatic N) is 2. The van der Waals surface area contributed by atoms with Crippen LogP contribution in [0, 0.1) is 17.8 Å². The summed E-state index contributed by atoms with van der Waals surface area (Å²) in [4.78, 5) is 9.12. The molecule has 2 aliphatic rings. The van der Waals surface area contributed by atoms with Crippen LogP contribution in [0.1, 0.15) is 52.3 Å². The highest BCUT2D eigenvalue weighted by molar-refractivity contribution is 5.47. The lowest BCUT2D eigenvalue weighted by Crippen LogP contribution is -2.22. The van der Waals surface area contributed by atoms with Gasteiger partial charge in [-0.05, 0) is 43.4 Å². The first-order valence-electron chi connectivity index (χ1n) is 8.07. The van der Waals surface area contributed by atoms with Gasteiger partial charge < -0.3 is 10.7 Å². The van der Waals surface area contributed by atoms with Crippen LogP contribution in [-0.2, 0) is 5.41 Å². The number of rotatable bonds is 6. The highest BCUT2D eigenvalue weighted by atomic mass is 15.3. The number of nitrogen functional groups attached to an aromatic ring is 1. The molecule has 1 aromatic rings. The van der Waals surface area contributed by atoms with Crippen LogP contribution >= 0.6 is 0 Å². The van der Waals surface area contributed by atoms with Gasteiger partial charge in [-0.15, -0.1) is 0 Å². The van der Waals surface area contributed by atoms with Gasteiger partial charge in [0.1, 0.15) is 17.5 Å². The number of aromatic nitrogens is 2. The number of hydrogen-bond acceptors (Lipinski definition) is 5. The smallest absolute Gasteiger partial charge is 0.145 e. The summed E-state index contributed by atoms with van der Waals surface area (Å²) in [5.41, 5.74) is 2.56. The normalized spacial score (nSPS) is 18.9. The van der Waals surface area contributed by atoms with Gasteiger partial charge >= 0.3 is 0 Å². The maximum Gasteiger partial charge on any atom is 0.145 e. The van der Waals surface area contributed by atoms with E-state index < -0.39 is 0 Å². The fraction of sp³-hybridized carbons (Fsp3) is 0.750. The van der Waals surface area contributed by atoms with Crippen molar-refractivity contribution in [3.63, 3.8) is 0 Å². The lowest BCUT2D eigenvalue weighted by Gasteiger charge is -2.20. The lowest BCUT2D eigenvalue weighted by molar-refractivity contribution is 0.427. The summed E-state index contributed by atoms with van der Waals surface area (Å²) >= 11 is 0. The maximum atomic E-state index is 5.54. The third-order valence-electron chi connectivity index (χ3n) is 4.52. The Kier molecular flexibility index (Phi) is 3.78. The average Bonchev–Trinajstić information content (AvgIpc) is 3.30. The van der Waals surface area contributed by atoms with E-state index in [1.165, 1.54) is 25.7 Å². The second kappa shape index (κ2) is 5.44. The molecule has 5 heteroatoms. The Morgan fingerprint density at radius 2 is 1.71 bits per heavy atom. The fourth-order valence-electron chi connectivity index (χ4n) is 2.94. The van der Waals surface area contributed by atoms with Gasteiger partial charge in [0.05, 0.1) is 0 Å². The van der Waals surface area contributed by atoms with E-state index in [0.717, 1.165) is 35.9 Å². The van der Waals surface area contributed by atoms with E-state index in [0.29, 0.717) is 5.82 Å². The molecule has 0 saturated heterocycles. The van der Waals surface area contributed by atoms with Crippen LogP contribution < -0.4 is 16.6 Å². The van der Waals surface area contributed by atoms with Crippen molar-refractivity contribution in [2.24, 2.45) is 23.6 Å². The SMILES string of the molecule is CC(C)(C)c1nc(NN)cc(NCC(C2CC2)C2CC2)n1. The molecule has 0 radical (unpaired) electrons. The summed E-state index contributed by atoms with van der Waals surface area (Å²) in [6, 6.07) is 1.89. The minimum atomic E-state index is -0.0876. The maximum absolute atomic E-state index is 5.54. The number of anilines is 2. The summed E-state index contributed by atoms with van der Waals surface area (Å²) in [5, 5.41) is 3.53. The Morgan fingerprint density at radius 3 is 2.19 bits per heavy atom. The second-order valence-corrected chi connectivity index (χ2v) is 7.58. The van der Waals surface area contributed by atoms with Crippen molar-refractivity contribution in [1.82, 2.24) is 9.97 Å². The quantitative estimate of drug-likeness (QED) is 0.554. The van der Waals surface area contributed by atoms with Crippen molar-refractivity contribution < 1.29 is 0 Å². The molecule has 0 aromatic carbocycles. The van der Waals surface area contributed by atoms with E-state index in [1.807, 2.05) is 6.07 Å². The molecule has 2 fully saturated rings. The van der Waals surface area contributed by atoms with E-state index in [9.17, 15) is 0 Å². The number of nitrogens with one attached hydrogen (secondary N) is 2. The Balaban J connectivity index is 1.71. The Bertz CT molecular complexity index is 488. The molecule has 1 heterocycles. The van der Waals surface area contributed by atoms with Crippen LogP contribution in [-0.4, -0.2) is 16.5 Å². The zero-order valence-corrected chi connectivity index (χ0v) is 13.3. The molecular formula is C16H27N5. The Hall–Kier alpha value is -1.36. The van der Waals surface area contributed by atoms with Crippen LogP contribution in [0.25, 0.3) is 0 Å². The molecule has 0 unspecified atom stereocenters. The van der Waals surface area contributed by atoms with Crippen LogP contribution in [0.4, 0.5) is 11.6 Å². The van der Waals surface area contributed by atoms with Crippen molar-refractivity contribution in [1.29, 1.82) is 0 Å². The van der Waals surface area contributed by atoms with E-state index in [1.54, 1.807) is 0 Å². The van der Waals surface area contributed by atoms with Crippen LogP contribution in [0.3, 0.4) is 0 Å². The number of hydrazine groups is 1. The highest BCUT2D eigenvalue weighted by Crippen LogP contribution is 2.49. The molecule has 5 nitrogen and oxygen atoms in total. The number of nitrogens with two attached hydrogens (primary N) is 1. The van der Waals surface area contributed by atoms with Crippen molar-refractivity contribution >= 4 is 11.6 Å². The van der Waals surface area contributed by atoms with Gasteiger partial charge in [-0.25, -0.2) is 15.8 Å². The summed E-state index contributed by atoms with van der Waals surface area (Å²) in [6.07, 6.45) is 5.65. The first-order valence-corrected chi connectivity index (χ1v) is 8.07. The summed E-state index contributed by atoms with van der Waals surface area (Å²) in [7, 11) is 0. The zero-order valence-electron chi connectivity index (χ0n) is 13.3. The largest absolute Gasteiger partial charge is 0.370 e. The predicted octanol–water partition coefficient (Wildman–Crippen LogP) is 2.91. The van der Waals surface area contributed by atoms with Crippen LogP contribution in [0.15, 0.2) is 6.07 Å². The molecule has 3 rings (SSSR count). The molecule has 21 heavy (non-hydrogen) atoms. The van der Waals surface area contributed by atoms with E-state index >= 15 is 0 Å². The monoisotopic (exact) mass is 289 g/mol. The molecule has 116 valence electrons. The standard InChI is InChI=1S/C16H27N5/c1-16(2,3)15-19-13(8-14(20-15)21-17)18-9-12(10-4-5-10)11-6-7-11/h8,10-12H,4-7,9,17H2,1-3H3,(H2,18,19,20,21). The van der Waals surface area contributed by atoms with Gasteiger partial charge in [0, 0.05) is 18.0 Å². The molecule has 0 atom stereocenters. The van der Waals surface area contributed by atoms with Crippen molar-refractivity contribution in [3.8, 4) is 0 Å². The van der Waals surface area contributed by atoms with E-state index in [2.05, 4.69) is 41.5 Å². The van der Waals surface area contributed by atoms with Crippen LogP contribution in [0.2, 0.25) is 0 Å². The average molecular weight is 289 g/mol. The lowest BCUT2D eigenvalue weighted by atomic mass is 9.95. The minimum Gasteiger partial charge on any atom is -0.370 e. The molecule has 2 saturated carbocycles. The predicted molar refractivity (Wildman–Crippen MR) is 86.0 cm³/mol. The third-order valence-corrected chi connectivity index (χ3v) is 4.52. The molecule has 0 bridgehead atoms. The zero-order chi connectivity index (χ0) is 15.0. The van der Waals surface area contributed by atoms with Crippen molar-refractivity contribution in [3.05, 3.63) is 11.9 Å². The van der Waals surface area contributed by atoms with E-state index in [4.69, 9.17) is 5.84 Å². The number of hydrogen-bond donors (Lipinski definition) is 3. The first-order chi connectivity index (χ1) is 9.97. The molecule has 2 aliphatic carbocycles. The molecular weight excluding hydrogens is 262 g/mol. The van der Waals surface area contributed by atoms with E-state index in [-0.39, 0.29) is 5.41 Å². The second-order valence-electron chi connectivity index (χ2n) is 7.58. The highest BCUT2D eigenvalue weighted by Gasteiger charge is 2.41. The Morgan fingerprint density at radius 1 is 1.14 bits per heavy atom. The minimum absolute atomic E-state index is 0.0876. The first kappa shape index (κ1) is 14.6. The van der Waals surface area contributed by atoms with Gasteiger partial charge in [-0.1, -0.05) is 20.8 Å². The molecule has 4 N–H and O–H groups in total. The topological polar surface area (TPSA) is 75.9 Å². The third kappa shape index (κ3) is 3.64. The molecule has 0 aliphatic heterocycles.